The molecule has 2 aliphatic heterocycles. The first-order valence-electron chi connectivity index (χ1n) is 17.8. The van der Waals surface area contributed by atoms with Crippen LogP contribution in [0.3, 0.4) is 0 Å². The minimum absolute atomic E-state index is 0.572. The first kappa shape index (κ1) is 51.7. The molecule has 54 heavy (non-hydrogen) atoms. The number of ether oxygens (including phenoxy) is 12. The van der Waals surface area contributed by atoms with Crippen molar-refractivity contribution in [3.8, 4) is 0 Å². The summed E-state index contributed by atoms with van der Waals surface area (Å²) in [6.07, 6.45) is 0. The number of rotatable bonds is 40. The Morgan fingerprint density at radius 3 is 0.667 bits per heavy atom. The average molecular weight is 917 g/mol. The van der Waals surface area contributed by atoms with Gasteiger partial charge in [-0.1, -0.05) is 47.0 Å². The molecule has 316 valence electrons. The summed E-state index contributed by atoms with van der Waals surface area (Å²) in [4.78, 5) is 0. The zero-order chi connectivity index (χ0) is 38.6. The lowest BCUT2D eigenvalue weighted by Crippen LogP contribution is -2.09. The highest BCUT2D eigenvalue weighted by atomic mass is 32.3. The van der Waals surface area contributed by atoms with Gasteiger partial charge in [0.2, 0.25) is 0 Å². The Labute approximate surface area is 357 Å². The smallest absolute Gasteiger partial charge is 0.0717 e. The molecule has 0 atom stereocenters. The SMILES string of the molecule is COCCOCCOCCSC1=C(SCCOCCOCCOC)SC(=C2SC(SCCOCCOCCOC)=C(SCCOCCOCCOC)S2)S1. The standard InChI is InChI=1S/C34H60O12S8/c1-35-5-9-39-13-17-43-21-25-47-29-30(48-26-22-44-18-14-40-10-6-36-2)52-33(51-29)34-53-31(49-27-23-45-19-15-41-11-7-37-3)32(54-34)50-28-24-46-20-16-42-12-8-38-4/h5-28H2,1-4H3. The van der Waals surface area contributed by atoms with Crippen molar-refractivity contribution in [3.63, 3.8) is 0 Å². The monoisotopic (exact) mass is 916 g/mol. The minimum atomic E-state index is 0.572. The first-order chi connectivity index (χ1) is 26.7. The molecule has 0 bridgehead atoms. The lowest BCUT2D eigenvalue weighted by Gasteiger charge is -2.07. The molecule has 0 unspecified atom stereocenters. The number of hydrogen-bond donors (Lipinski definition) is 0. The van der Waals surface area contributed by atoms with E-state index in [0.29, 0.717) is 132 Å². The summed E-state index contributed by atoms with van der Waals surface area (Å²) in [6, 6.07) is 0. The van der Waals surface area contributed by atoms with E-state index in [-0.39, 0.29) is 0 Å². The minimum Gasteiger partial charge on any atom is -0.382 e. The summed E-state index contributed by atoms with van der Waals surface area (Å²) in [5.41, 5.74) is 0. The number of hydrogen-bond acceptors (Lipinski definition) is 20. The predicted octanol–water partition coefficient (Wildman–Crippen LogP) is 6.98. The highest BCUT2D eigenvalue weighted by molar-refractivity contribution is 8.45. The van der Waals surface area contributed by atoms with Crippen LogP contribution in [0.1, 0.15) is 0 Å². The highest BCUT2D eigenvalue weighted by Crippen LogP contribution is 2.66. The third kappa shape index (κ3) is 27.3. The highest BCUT2D eigenvalue weighted by Gasteiger charge is 2.31. The van der Waals surface area contributed by atoms with Crippen LogP contribution in [0.4, 0.5) is 0 Å². The van der Waals surface area contributed by atoms with Crippen molar-refractivity contribution in [2.45, 2.75) is 0 Å². The van der Waals surface area contributed by atoms with Gasteiger partial charge in [-0.3, -0.25) is 0 Å². The predicted molar refractivity (Wildman–Crippen MR) is 235 cm³/mol. The van der Waals surface area contributed by atoms with E-state index in [0.717, 1.165) is 23.0 Å². The largest absolute Gasteiger partial charge is 0.382 e. The molecule has 0 aliphatic carbocycles. The summed E-state index contributed by atoms with van der Waals surface area (Å²) in [6.45, 7) is 12.0. The summed E-state index contributed by atoms with van der Waals surface area (Å²) in [5.74, 6) is 3.49. The van der Waals surface area contributed by atoms with Crippen LogP contribution in [0.5, 0.6) is 0 Å². The van der Waals surface area contributed by atoms with Crippen molar-refractivity contribution < 1.29 is 56.8 Å². The molecule has 20 heteroatoms. The molecule has 0 aromatic carbocycles. The number of thioether (sulfide) groups is 8. The average Bonchev–Trinajstić information content (AvgIpc) is 3.79. The van der Waals surface area contributed by atoms with Crippen LogP contribution in [-0.4, -0.2) is 184 Å². The van der Waals surface area contributed by atoms with Gasteiger partial charge < -0.3 is 56.8 Å². The summed E-state index contributed by atoms with van der Waals surface area (Å²) >= 11 is 15.0. The van der Waals surface area contributed by atoms with Gasteiger partial charge in [-0.15, -0.1) is 47.0 Å². The van der Waals surface area contributed by atoms with Gasteiger partial charge in [-0.25, -0.2) is 0 Å². The van der Waals surface area contributed by atoms with E-state index in [1.54, 1.807) is 28.4 Å². The Hall–Kier alpha value is 1.54. The molecule has 0 saturated heterocycles. The summed E-state index contributed by atoms with van der Waals surface area (Å²) in [7, 11) is 6.69. The van der Waals surface area contributed by atoms with Gasteiger partial charge in [0.25, 0.3) is 0 Å². The van der Waals surface area contributed by atoms with Gasteiger partial charge in [0.1, 0.15) is 0 Å². The lowest BCUT2D eigenvalue weighted by molar-refractivity contribution is 0.0286. The van der Waals surface area contributed by atoms with Crippen LogP contribution in [0, 0.1) is 0 Å². The van der Waals surface area contributed by atoms with Crippen molar-refractivity contribution in [2.75, 3.05) is 184 Å². The zero-order valence-electron chi connectivity index (χ0n) is 32.1. The Balaban J connectivity index is 1.93. The molecule has 2 aliphatic rings. The van der Waals surface area contributed by atoms with Crippen molar-refractivity contribution in [2.24, 2.45) is 0 Å². The second kappa shape index (κ2) is 38.7. The Kier molecular flexibility index (Phi) is 37.1. The fraction of sp³-hybridized carbons (Fsp3) is 0.824. The van der Waals surface area contributed by atoms with Crippen LogP contribution in [0.15, 0.2) is 25.4 Å². The van der Waals surface area contributed by atoms with Crippen LogP contribution < -0.4 is 0 Å². The molecule has 0 radical (unpaired) electrons. The first-order valence-corrected chi connectivity index (χ1v) is 25.0. The maximum Gasteiger partial charge on any atom is 0.0717 e. The zero-order valence-corrected chi connectivity index (χ0v) is 38.7. The van der Waals surface area contributed by atoms with Gasteiger partial charge in [-0.05, 0) is 0 Å². The van der Waals surface area contributed by atoms with Gasteiger partial charge >= 0.3 is 0 Å². The molecular formula is C34H60O12S8. The Morgan fingerprint density at radius 1 is 0.278 bits per heavy atom. The molecule has 0 aromatic rings. The number of methoxy groups -OCH3 is 4. The quantitative estimate of drug-likeness (QED) is 0.0590. The fourth-order valence-corrected chi connectivity index (χ4v) is 15.4. The van der Waals surface area contributed by atoms with E-state index in [9.17, 15) is 0 Å². The van der Waals surface area contributed by atoms with Gasteiger partial charge in [0, 0.05) is 51.5 Å². The van der Waals surface area contributed by atoms with Crippen molar-refractivity contribution in [3.05, 3.63) is 25.4 Å². The lowest BCUT2D eigenvalue weighted by atomic mass is 10.7. The van der Waals surface area contributed by atoms with Crippen LogP contribution in [0.25, 0.3) is 0 Å². The fourth-order valence-electron chi connectivity index (χ4n) is 3.70. The van der Waals surface area contributed by atoms with Gasteiger partial charge in [0.15, 0.2) is 0 Å². The van der Waals surface area contributed by atoms with E-state index in [1.807, 2.05) is 94.1 Å². The second-order valence-corrected chi connectivity index (χ2v) is 20.5. The third-order valence-electron chi connectivity index (χ3n) is 6.30. The topological polar surface area (TPSA) is 111 Å². The van der Waals surface area contributed by atoms with Gasteiger partial charge in [-0.2, -0.15) is 0 Å². The normalized spacial score (nSPS) is 14.9. The van der Waals surface area contributed by atoms with Gasteiger partial charge in [0.05, 0.1) is 158 Å². The Bertz CT molecular complexity index is 864. The van der Waals surface area contributed by atoms with E-state index < -0.39 is 0 Å². The van der Waals surface area contributed by atoms with Crippen LogP contribution in [-0.2, 0) is 56.8 Å². The van der Waals surface area contributed by atoms with Crippen molar-refractivity contribution >= 4 is 94.1 Å². The van der Waals surface area contributed by atoms with Crippen molar-refractivity contribution in [1.82, 2.24) is 0 Å². The third-order valence-corrected chi connectivity index (χ3v) is 17.7. The van der Waals surface area contributed by atoms with E-state index in [4.69, 9.17) is 56.8 Å². The molecule has 0 amide bonds. The van der Waals surface area contributed by atoms with E-state index in [2.05, 4.69) is 0 Å². The van der Waals surface area contributed by atoms with E-state index >= 15 is 0 Å². The summed E-state index contributed by atoms with van der Waals surface area (Å²) in [5, 5.41) is 0. The van der Waals surface area contributed by atoms with Crippen molar-refractivity contribution in [1.29, 1.82) is 0 Å². The Morgan fingerprint density at radius 2 is 0.463 bits per heavy atom. The maximum atomic E-state index is 5.84. The molecule has 0 spiro atoms. The van der Waals surface area contributed by atoms with E-state index in [1.165, 1.54) is 25.4 Å². The van der Waals surface area contributed by atoms with Crippen LogP contribution >= 0.6 is 94.1 Å². The van der Waals surface area contributed by atoms with Crippen LogP contribution in [0.2, 0.25) is 0 Å². The molecule has 0 fully saturated rings. The molecule has 2 rings (SSSR count). The molecule has 12 nitrogen and oxygen atoms in total. The second-order valence-electron chi connectivity index (χ2n) is 10.4. The molecular weight excluding hydrogens is 857 g/mol. The molecule has 2 heterocycles. The summed E-state index contributed by atoms with van der Waals surface area (Å²) < 4.78 is 73.5. The maximum absolute atomic E-state index is 5.84. The molecule has 0 N–H and O–H groups in total. The molecule has 0 aromatic heterocycles. The molecule has 0 saturated carbocycles.